The van der Waals surface area contributed by atoms with Gasteiger partial charge in [-0.25, -0.2) is 13.5 Å². The molecule has 3 aromatic rings. The number of benzene rings is 2. The summed E-state index contributed by atoms with van der Waals surface area (Å²) in [5, 5.41) is 3.78. The first-order chi connectivity index (χ1) is 10.6. The fourth-order valence-electron chi connectivity index (χ4n) is 2.22. The summed E-state index contributed by atoms with van der Waals surface area (Å²) in [7, 11) is 0. The van der Waals surface area contributed by atoms with E-state index in [-0.39, 0.29) is 5.56 Å². The minimum Gasteiger partial charge on any atom is -0.205 e. The van der Waals surface area contributed by atoms with Crippen LogP contribution in [-0.2, 0) is 0 Å². The van der Waals surface area contributed by atoms with Crippen molar-refractivity contribution in [2.75, 3.05) is 0 Å². The Hall–Kier alpha value is -2.08. The van der Waals surface area contributed by atoms with Crippen LogP contribution in [0.5, 0.6) is 0 Å². The molecule has 0 unspecified atom stereocenters. The van der Waals surface area contributed by atoms with Gasteiger partial charge in [0.15, 0.2) is 0 Å². The van der Waals surface area contributed by atoms with Gasteiger partial charge in [-0.05, 0) is 33.6 Å². The van der Waals surface area contributed by atoms with Gasteiger partial charge in [-0.15, -0.1) is 0 Å². The summed E-state index contributed by atoms with van der Waals surface area (Å²) in [4.78, 5) is 0. The molecule has 3 rings (SSSR count). The molecule has 0 atom stereocenters. The van der Waals surface area contributed by atoms with Crippen molar-refractivity contribution in [1.82, 2.24) is 9.78 Å². The second-order valence-corrected chi connectivity index (χ2v) is 5.44. The average Bonchev–Trinajstić information content (AvgIpc) is 2.86. The van der Waals surface area contributed by atoms with Gasteiger partial charge >= 0.3 is 0 Å². The van der Waals surface area contributed by atoms with Gasteiger partial charge in [0.1, 0.15) is 5.69 Å². The molecule has 0 saturated heterocycles. The third kappa shape index (κ3) is 2.54. The van der Waals surface area contributed by atoms with E-state index < -0.39 is 18.1 Å². The van der Waals surface area contributed by atoms with Crippen molar-refractivity contribution < 1.29 is 13.2 Å². The zero-order chi connectivity index (χ0) is 15.7. The van der Waals surface area contributed by atoms with Gasteiger partial charge in [0.2, 0.25) is 5.95 Å². The Morgan fingerprint density at radius 1 is 0.955 bits per heavy atom. The van der Waals surface area contributed by atoms with Crippen LogP contribution in [0.1, 0.15) is 12.1 Å². The third-order valence-electron chi connectivity index (χ3n) is 3.21. The van der Waals surface area contributed by atoms with Gasteiger partial charge in [-0.3, -0.25) is 0 Å². The first-order valence-electron chi connectivity index (χ1n) is 6.46. The Bertz CT molecular complexity index is 800. The van der Waals surface area contributed by atoms with Crippen molar-refractivity contribution in [1.29, 1.82) is 0 Å². The molecule has 0 radical (unpaired) electrons. The Labute approximate surface area is 133 Å². The Morgan fingerprint density at radius 3 is 2.23 bits per heavy atom. The summed E-state index contributed by atoms with van der Waals surface area (Å²) in [6.45, 7) is 0. The Kier molecular flexibility index (Phi) is 4.02. The fraction of sp³-hybridized carbons (Fsp3) is 0.0625. The molecule has 6 heteroatoms. The number of hydrogen-bond acceptors (Lipinski definition) is 1. The van der Waals surface area contributed by atoms with Crippen LogP contribution in [0.25, 0.3) is 16.8 Å². The van der Waals surface area contributed by atoms with Crippen LogP contribution in [0.2, 0.25) is 0 Å². The van der Waals surface area contributed by atoms with Gasteiger partial charge in [-0.1, -0.05) is 42.5 Å². The smallest absolute Gasteiger partial charge is 0.205 e. The van der Waals surface area contributed by atoms with Crippen LogP contribution in [0.3, 0.4) is 0 Å². The standard InChI is InChI=1S/C16H10BrF3N2/c17-11-8-4-5-9-12(11)22-16(20)13(14(21-22)15(18)19)10-6-2-1-3-7-10/h1-9,15H. The molecule has 1 heterocycles. The first-order valence-corrected chi connectivity index (χ1v) is 7.25. The highest BCUT2D eigenvalue weighted by Crippen LogP contribution is 2.34. The molecule has 0 aliphatic heterocycles. The van der Waals surface area contributed by atoms with E-state index in [0.29, 0.717) is 15.7 Å². The van der Waals surface area contributed by atoms with Gasteiger partial charge in [0.25, 0.3) is 6.43 Å². The van der Waals surface area contributed by atoms with Crippen molar-refractivity contribution >= 4 is 15.9 Å². The number of para-hydroxylation sites is 1. The van der Waals surface area contributed by atoms with E-state index in [1.54, 1.807) is 54.6 Å². The maximum absolute atomic E-state index is 14.8. The predicted octanol–water partition coefficient (Wildman–Crippen LogP) is 5.38. The van der Waals surface area contributed by atoms with E-state index in [2.05, 4.69) is 21.0 Å². The van der Waals surface area contributed by atoms with Gasteiger partial charge in [0.05, 0.1) is 11.3 Å². The summed E-state index contributed by atoms with van der Waals surface area (Å²) >= 11 is 3.28. The van der Waals surface area contributed by atoms with Crippen molar-refractivity contribution in [3.63, 3.8) is 0 Å². The minimum atomic E-state index is -2.87. The maximum atomic E-state index is 14.8. The second kappa shape index (κ2) is 5.96. The van der Waals surface area contributed by atoms with Crippen LogP contribution < -0.4 is 0 Å². The monoisotopic (exact) mass is 366 g/mol. The molecule has 0 spiro atoms. The molecule has 2 aromatic carbocycles. The minimum absolute atomic E-state index is 0.175. The summed E-state index contributed by atoms with van der Waals surface area (Å²) in [6.07, 6.45) is -2.87. The molecule has 0 amide bonds. The zero-order valence-electron chi connectivity index (χ0n) is 11.2. The maximum Gasteiger partial charge on any atom is 0.282 e. The highest BCUT2D eigenvalue weighted by Gasteiger charge is 2.26. The summed E-state index contributed by atoms with van der Waals surface area (Å²) in [6, 6.07) is 15.0. The second-order valence-electron chi connectivity index (χ2n) is 4.58. The van der Waals surface area contributed by atoms with E-state index >= 15 is 0 Å². The summed E-state index contributed by atoms with van der Waals surface area (Å²) < 4.78 is 42.8. The molecule has 0 N–H and O–H groups in total. The lowest BCUT2D eigenvalue weighted by atomic mass is 10.1. The number of nitrogens with zero attached hydrogens (tertiary/aromatic N) is 2. The van der Waals surface area contributed by atoms with Gasteiger partial charge in [-0.2, -0.15) is 9.49 Å². The van der Waals surface area contributed by atoms with E-state index in [0.717, 1.165) is 4.68 Å². The van der Waals surface area contributed by atoms with Crippen LogP contribution >= 0.6 is 15.9 Å². The van der Waals surface area contributed by atoms with Crippen LogP contribution in [0.15, 0.2) is 59.1 Å². The van der Waals surface area contributed by atoms with E-state index in [4.69, 9.17) is 0 Å². The number of aromatic nitrogens is 2. The molecule has 22 heavy (non-hydrogen) atoms. The lowest BCUT2D eigenvalue weighted by Crippen LogP contribution is -2.01. The lowest BCUT2D eigenvalue weighted by Gasteiger charge is -2.05. The zero-order valence-corrected chi connectivity index (χ0v) is 12.8. The number of hydrogen-bond donors (Lipinski definition) is 0. The van der Waals surface area contributed by atoms with Crippen LogP contribution in [0, 0.1) is 5.95 Å². The largest absolute Gasteiger partial charge is 0.282 e. The molecule has 1 aromatic heterocycles. The summed E-state index contributed by atoms with van der Waals surface area (Å²) in [5.74, 6) is -0.812. The molecule has 112 valence electrons. The van der Waals surface area contributed by atoms with E-state index in [1.807, 2.05) is 0 Å². The Morgan fingerprint density at radius 2 is 1.59 bits per heavy atom. The third-order valence-corrected chi connectivity index (χ3v) is 3.88. The number of halogens is 4. The fourth-order valence-corrected chi connectivity index (χ4v) is 2.67. The SMILES string of the molecule is Fc1c(-c2ccccc2)c(C(F)F)nn1-c1ccccc1Br. The van der Waals surface area contributed by atoms with E-state index in [1.165, 1.54) is 0 Å². The molecular weight excluding hydrogens is 357 g/mol. The van der Waals surface area contributed by atoms with Crippen molar-refractivity contribution in [3.05, 3.63) is 70.7 Å². The Balaban J connectivity index is 2.26. The molecule has 2 nitrogen and oxygen atoms in total. The quantitative estimate of drug-likeness (QED) is 0.608. The first kappa shape index (κ1) is 14.8. The lowest BCUT2D eigenvalue weighted by molar-refractivity contribution is 0.146. The number of rotatable bonds is 3. The molecule has 0 aliphatic carbocycles. The highest BCUT2D eigenvalue weighted by molar-refractivity contribution is 9.10. The van der Waals surface area contributed by atoms with Crippen molar-refractivity contribution in [3.8, 4) is 16.8 Å². The topological polar surface area (TPSA) is 17.8 Å². The molecule has 0 bridgehead atoms. The number of alkyl halides is 2. The molecule has 0 saturated carbocycles. The van der Waals surface area contributed by atoms with Gasteiger partial charge in [0, 0.05) is 4.47 Å². The highest BCUT2D eigenvalue weighted by atomic mass is 79.9. The normalized spacial score (nSPS) is 11.1. The van der Waals surface area contributed by atoms with Gasteiger partial charge < -0.3 is 0 Å². The van der Waals surface area contributed by atoms with Crippen molar-refractivity contribution in [2.45, 2.75) is 6.43 Å². The molecule has 0 aliphatic rings. The average molecular weight is 367 g/mol. The van der Waals surface area contributed by atoms with Crippen LogP contribution in [0.4, 0.5) is 13.2 Å². The predicted molar refractivity (Wildman–Crippen MR) is 81.6 cm³/mol. The summed E-state index contributed by atoms with van der Waals surface area (Å²) in [5.41, 5.74) is -0.0107. The van der Waals surface area contributed by atoms with E-state index in [9.17, 15) is 13.2 Å². The van der Waals surface area contributed by atoms with Crippen molar-refractivity contribution in [2.24, 2.45) is 0 Å². The molecular formula is C16H10BrF3N2. The van der Waals surface area contributed by atoms with Crippen LogP contribution in [-0.4, -0.2) is 9.78 Å². The molecule has 0 fully saturated rings.